The number of nitrogens with one attached hydrogen (secondary N) is 1. The number of hydrogen-bond acceptors (Lipinski definition) is 5. The third kappa shape index (κ3) is 3.49. The third-order valence-electron chi connectivity index (χ3n) is 5.25. The van der Waals surface area contributed by atoms with Crippen LogP contribution in [0.1, 0.15) is 17.5 Å². The zero-order chi connectivity index (χ0) is 20.5. The number of methoxy groups -OCH3 is 1. The Balaban J connectivity index is 1.53. The summed E-state index contributed by atoms with van der Waals surface area (Å²) in [5.41, 5.74) is 2.41. The third-order valence-corrected chi connectivity index (χ3v) is 5.25. The molecular weight excluding hydrogens is 376 g/mol. The van der Waals surface area contributed by atoms with Crippen LogP contribution in [0.5, 0.6) is 11.5 Å². The number of carboxylic acid groups (broad SMARTS) is 1. The molecule has 2 aliphatic heterocycles. The quantitative estimate of drug-likeness (QED) is 0.820. The van der Waals surface area contributed by atoms with Crippen LogP contribution in [0.4, 0.5) is 10.5 Å². The zero-order valence-corrected chi connectivity index (χ0v) is 15.8. The number of rotatable bonds is 4. The molecular formula is C21H20N2O6. The normalized spacial score (nSPS) is 19.9. The zero-order valence-electron chi connectivity index (χ0n) is 15.8. The number of carbonyl (C=O) groups excluding carboxylic acids is 2. The van der Waals surface area contributed by atoms with E-state index < -0.39 is 30.1 Å². The van der Waals surface area contributed by atoms with Crippen molar-refractivity contribution < 1.29 is 29.0 Å². The summed E-state index contributed by atoms with van der Waals surface area (Å²) < 4.78 is 10.3. The molecule has 0 saturated heterocycles. The van der Waals surface area contributed by atoms with Gasteiger partial charge >= 0.3 is 12.1 Å². The Bertz CT molecular complexity index is 972. The number of para-hydroxylation sites is 1. The molecule has 2 amide bonds. The fourth-order valence-electron chi connectivity index (χ4n) is 3.89. The van der Waals surface area contributed by atoms with Gasteiger partial charge in [0, 0.05) is 6.42 Å². The number of hydrogen-bond donors (Lipinski definition) is 2. The summed E-state index contributed by atoms with van der Waals surface area (Å²) in [6.07, 6.45) is 0.389. The minimum absolute atomic E-state index is 0.257. The van der Waals surface area contributed by atoms with E-state index in [1.165, 1.54) is 12.0 Å². The van der Waals surface area contributed by atoms with Crippen LogP contribution < -0.4 is 19.7 Å². The smallest absolute Gasteiger partial charge is 0.413 e. The molecule has 4 rings (SSSR count). The van der Waals surface area contributed by atoms with E-state index in [2.05, 4.69) is 5.32 Å². The molecule has 0 fully saturated rings. The van der Waals surface area contributed by atoms with Gasteiger partial charge in [-0.1, -0.05) is 18.2 Å². The minimum atomic E-state index is -1.07. The lowest BCUT2D eigenvalue weighted by molar-refractivity contribution is -0.140. The minimum Gasteiger partial charge on any atom is -0.497 e. The average Bonchev–Trinajstić information content (AvgIpc) is 3.05. The van der Waals surface area contributed by atoms with Crippen LogP contribution in [0.25, 0.3) is 0 Å². The standard InChI is InChI=1S/C21H20N2O6/c1-28-14-6-8-15(9-7-14)29-21(27)22-16-10-5-12-3-2-4-13-11-17(20(25)26)23(18(12)13)19(16)24/h2-4,6-9,16-17H,5,10-11H2,1H3,(H,22,27)(H,25,26). The number of aryl methyl sites for hydroxylation is 1. The molecule has 0 saturated carbocycles. The highest BCUT2D eigenvalue weighted by Crippen LogP contribution is 2.39. The fourth-order valence-corrected chi connectivity index (χ4v) is 3.89. The van der Waals surface area contributed by atoms with Crippen molar-refractivity contribution in [3.05, 3.63) is 53.6 Å². The van der Waals surface area contributed by atoms with E-state index in [-0.39, 0.29) is 6.42 Å². The van der Waals surface area contributed by atoms with Crippen molar-refractivity contribution in [3.8, 4) is 11.5 Å². The maximum atomic E-state index is 13.1. The number of nitrogens with zero attached hydrogens (tertiary/aromatic N) is 1. The molecule has 2 atom stereocenters. The Labute approximate surface area is 167 Å². The number of anilines is 1. The Hall–Kier alpha value is -3.55. The first kappa shape index (κ1) is 18.8. The van der Waals surface area contributed by atoms with Gasteiger partial charge in [-0.05, 0) is 48.2 Å². The second-order valence-corrected chi connectivity index (χ2v) is 6.99. The molecule has 8 nitrogen and oxygen atoms in total. The molecule has 2 aromatic carbocycles. The van der Waals surface area contributed by atoms with Crippen molar-refractivity contribution in [3.63, 3.8) is 0 Å². The number of carbonyl (C=O) groups is 3. The summed E-state index contributed by atoms with van der Waals surface area (Å²) in [5, 5.41) is 12.2. The molecule has 8 heteroatoms. The van der Waals surface area contributed by atoms with Crippen molar-refractivity contribution in [2.75, 3.05) is 12.0 Å². The molecule has 2 N–H and O–H groups in total. The lowest BCUT2D eigenvalue weighted by Gasteiger charge is -2.26. The van der Waals surface area contributed by atoms with Gasteiger partial charge in [0.1, 0.15) is 23.6 Å². The van der Waals surface area contributed by atoms with Gasteiger partial charge in [0.25, 0.3) is 5.91 Å². The van der Waals surface area contributed by atoms with Crippen LogP contribution in [0.15, 0.2) is 42.5 Å². The van der Waals surface area contributed by atoms with Crippen molar-refractivity contribution in [1.29, 1.82) is 0 Å². The number of amides is 2. The van der Waals surface area contributed by atoms with Crippen LogP contribution in [-0.4, -0.2) is 42.3 Å². The SMILES string of the molecule is COc1ccc(OC(=O)NC2CCc3cccc4c3N(C2=O)C(C(=O)O)C4)cc1. The van der Waals surface area contributed by atoms with Crippen LogP contribution in [0, 0.1) is 0 Å². The number of ether oxygens (including phenoxy) is 2. The van der Waals surface area contributed by atoms with Crippen LogP contribution in [0.2, 0.25) is 0 Å². The highest BCUT2D eigenvalue weighted by atomic mass is 16.6. The second kappa shape index (κ2) is 7.46. The van der Waals surface area contributed by atoms with E-state index in [4.69, 9.17) is 9.47 Å². The van der Waals surface area contributed by atoms with Gasteiger partial charge < -0.3 is 19.9 Å². The van der Waals surface area contributed by atoms with E-state index >= 15 is 0 Å². The van der Waals surface area contributed by atoms with Crippen LogP contribution in [0.3, 0.4) is 0 Å². The molecule has 0 bridgehead atoms. The molecule has 2 heterocycles. The van der Waals surface area contributed by atoms with Gasteiger partial charge in [-0.2, -0.15) is 0 Å². The average molecular weight is 396 g/mol. The topological polar surface area (TPSA) is 105 Å². The highest BCUT2D eigenvalue weighted by molar-refractivity contribution is 6.06. The van der Waals surface area contributed by atoms with Crippen molar-refractivity contribution >= 4 is 23.7 Å². The molecule has 0 aliphatic carbocycles. The largest absolute Gasteiger partial charge is 0.497 e. The van der Waals surface area contributed by atoms with Crippen molar-refractivity contribution in [1.82, 2.24) is 5.32 Å². The summed E-state index contributed by atoms with van der Waals surface area (Å²) in [4.78, 5) is 38.5. The van der Waals surface area contributed by atoms with E-state index in [1.54, 1.807) is 24.3 Å². The maximum Gasteiger partial charge on any atom is 0.413 e. The second-order valence-electron chi connectivity index (χ2n) is 6.99. The lowest BCUT2D eigenvalue weighted by Crippen LogP contribution is -2.52. The molecule has 0 aromatic heterocycles. The first-order valence-electron chi connectivity index (χ1n) is 9.27. The number of aliphatic carboxylic acids is 1. The van der Waals surface area contributed by atoms with Crippen molar-refractivity contribution in [2.45, 2.75) is 31.3 Å². The Morgan fingerprint density at radius 3 is 2.48 bits per heavy atom. The summed E-state index contributed by atoms with van der Waals surface area (Å²) in [7, 11) is 1.53. The predicted octanol–water partition coefficient (Wildman–Crippen LogP) is 2.14. The van der Waals surface area contributed by atoms with E-state index in [9.17, 15) is 19.5 Å². The van der Waals surface area contributed by atoms with E-state index in [0.29, 0.717) is 30.0 Å². The molecule has 29 heavy (non-hydrogen) atoms. The lowest BCUT2D eigenvalue weighted by atomic mass is 10.0. The summed E-state index contributed by atoms with van der Waals surface area (Å²) in [6.45, 7) is 0. The molecule has 150 valence electrons. The fraction of sp³-hybridized carbons (Fsp3) is 0.286. The van der Waals surface area contributed by atoms with Gasteiger partial charge in [0.2, 0.25) is 0 Å². The van der Waals surface area contributed by atoms with Crippen molar-refractivity contribution in [2.24, 2.45) is 0 Å². The summed E-state index contributed by atoms with van der Waals surface area (Å²) >= 11 is 0. The highest BCUT2D eigenvalue weighted by Gasteiger charge is 2.44. The van der Waals surface area contributed by atoms with Gasteiger partial charge in [0.05, 0.1) is 12.8 Å². The predicted molar refractivity (Wildman–Crippen MR) is 103 cm³/mol. The van der Waals surface area contributed by atoms with Gasteiger partial charge in [-0.3, -0.25) is 9.69 Å². The van der Waals surface area contributed by atoms with Gasteiger partial charge in [-0.25, -0.2) is 9.59 Å². The summed E-state index contributed by atoms with van der Waals surface area (Å²) in [5.74, 6) is -0.576. The van der Waals surface area contributed by atoms with E-state index in [0.717, 1.165) is 11.1 Å². The van der Waals surface area contributed by atoms with Gasteiger partial charge in [0.15, 0.2) is 0 Å². The Morgan fingerprint density at radius 2 is 1.79 bits per heavy atom. The Morgan fingerprint density at radius 1 is 1.10 bits per heavy atom. The first-order valence-corrected chi connectivity index (χ1v) is 9.27. The molecule has 2 aromatic rings. The maximum absolute atomic E-state index is 13.1. The Kier molecular flexibility index (Phi) is 4.84. The number of benzene rings is 2. The van der Waals surface area contributed by atoms with E-state index in [1.807, 2.05) is 18.2 Å². The molecule has 0 spiro atoms. The van der Waals surface area contributed by atoms with Gasteiger partial charge in [-0.15, -0.1) is 0 Å². The summed E-state index contributed by atoms with van der Waals surface area (Å²) in [6, 6.07) is 10.2. The molecule has 0 radical (unpaired) electrons. The molecule has 2 aliphatic rings. The first-order chi connectivity index (χ1) is 14.0. The molecule has 2 unspecified atom stereocenters. The number of carboxylic acids is 1. The van der Waals surface area contributed by atoms with Crippen LogP contribution >= 0.6 is 0 Å². The van der Waals surface area contributed by atoms with Crippen LogP contribution in [-0.2, 0) is 22.4 Å². The monoisotopic (exact) mass is 396 g/mol.